The van der Waals surface area contributed by atoms with Crippen LogP contribution < -0.4 is 5.56 Å². The van der Waals surface area contributed by atoms with Gasteiger partial charge >= 0.3 is 0 Å². The highest BCUT2D eigenvalue weighted by molar-refractivity contribution is 5.79. The fourth-order valence-electron chi connectivity index (χ4n) is 2.13. The predicted octanol–water partition coefficient (Wildman–Crippen LogP) is 2.53. The van der Waals surface area contributed by atoms with E-state index in [1.54, 1.807) is 7.05 Å². The molecule has 0 saturated carbocycles. The van der Waals surface area contributed by atoms with Gasteiger partial charge in [-0.2, -0.15) is 0 Å². The molecule has 0 saturated heterocycles. The molecular weight excluding hydrogens is 260 g/mol. The number of fused-ring (bicyclic) bond motifs is 1. The summed E-state index contributed by atoms with van der Waals surface area (Å²) in [5.74, 6) is 6.24. The van der Waals surface area contributed by atoms with E-state index in [0.717, 1.165) is 5.56 Å². The number of benzene rings is 2. The van der Waals surface area contributed by atoms with Crippen molar-refractivity contribution in [3.05, 3.63) is 76.3 Å². The van der Waals surface area contributed by atoms with Crippen molar-refractivity contribution in [2.45, 2.75) is 6.42 Å². The van der Waals surface area contributed by atoms with Crippen molar-refractivity contribution in [1.82, 2.24) is 9.55 Å². The first-order valence-corrected chi connectivity index (χ1v) is 6.72. The molecule has 102 valence electrons. The van der Waals surface area contributed by atoms with Gasteiger partial charge in [0.1, 0.15) is 0 Å². The molecule has 1 aromatic heterocycles. The lowest BCUT2D eigenvalue weighted by atomic mass is 10.1. The third kappa shape index (κ3) is 2.85. The van der Waals surface area contributed by atoms with E-state index in [1.165, 1.54) is 16.5 Å². The van der Waals surface area contributed by atoms with Crippen molar-refractivity contribution in [2.24, 2.45) is 7.05 Å². The molecule has 0 bridgehead atoms. The molecule has 0 aliphatic rings. The molecule has 0 atom stereocenters. The van der Waals surface area contributed by atoms with Crippen LogP contribution in [0, 0.1) is 11.8 Å². The second kappa shape index (κ2) is 5.64. The van der Waals surface area contributed by atoms with Crippen molar-refractivity contribution in [2.75, 3.05) is 0 Å². The Morgan fingerprint density at radius 2 is 1.95 bits per heavy atom. The fraction of sp³-hybridized carbons (Fsp3) is 0.111. The first-order valence-electron chi connectivity index (χ1n) is 6.72. The molecule has 2 aromatic carbocycles. The zero-order chi connectivity index (χ0) is 14.7. The lowest BCUT2D eigenvalue weighted by Crippen LogP contribution is -2.16. The van der Waals surface area contributed by atoms with E-state index < -0.39 is 0 Å². The van der Waals surface area contributed by atoms with Crippen LogP contribution in [0.2, 0.25) is 0 Å². The van der Waals surface area contributed by atoms with Gasteiger partial charge in [-0.05, 0) is 23.8 Å². The van der Waals surface area contributed by atoms with Crippen LogP contribution in [0.4, 0.5) is 0 Å². The van der Waals surface area contributed by atoms with Gasteiger partial charge in [0.15, 0.2) is 0 Å². The summed E-state index contributed by atoms with van der Waals surface area (Å²) >= 11 is 0. The zero-order valence-electron chi connectivity index (χ0n) is 11.7. The van der Waals surface area contributed by atoms with Crippen LogP contribution in [0.15, 0.2) is 59.7 Å². The van der Waals surface area contributed by atoms with Crippen LogP contribution in [0.1, 0.15) is 11.1 Å². The number of hydrogen-bond donors (Lipinski definition) is 0. The van der Waals surface area contributed by atoms with Crippen LogP contribution in [0.5, 0.6) is 0 Å². The summed E-state index contributed by atoms with van der Waals surface area (Å²) in [6.07, 6.45) is 2.23. The lowest BCUT2D eigenvalue weighted by Gasteiger charge is -2.00. The molecule has 3 rings (SSSR count). The average Bonchev–Trinajstić information content (AvgIpc) is 2.52. The molecule has 0 aliphatic heterocycles. The molecule has 0 radical (unpaired) electrons. The Morgan fingerprint density at radius 1 is 1.14 bits per heavy atom. The summed E-state index contributed by atoms with van der Waals surface area (Å²) in [7, 11) is 1.70. The Morgan fingerprint density at radius 3 is 2.76 bits per heavy atom. The molecule has 3 aromatic rings. The Hall–Kier alpha value is -2.86. The summed E-state index contributed by atoms with van der Waals surface area (Å²) in [6, 6.07) is 15.6. The second-order valence-electron chi connectivity index (χ2n) is 4.86. The second-order valence-corrected chi connectivity index (χ2v) is 4.86. The van der Waals surface area contributed by atoms with Crippen molar-refractivity contribution in [3.63, 3.8) is 0 Å². The molecule has 0 aliphatic carbocycles. The van der Waals surface area contributed by atoms with Crippen LogP contribution in [0.25, 0.3) is 10.9 Å². The maximum Gasteiger partial charge on any atom is 0.260 e. The Labute approximate surface area is 122 Å². The van der Waals surface area contributed by atoms with Gasteiger partial charge in [0.05, 0.1) is 17.2 Å². The van der Waals surface area contributed by atoms with Crippen LogP contribution in [-0.4, -0.2) is 9.55 Å². The smallest absolute Gasteiger partial charge is 0.260 e. The summed E-state index contributed by atoms with van der Waals surface area (Å²) in [5.41, 5.74) is 2.67. The van der Waals surface area contributed by atoms with Gasteiger partial charge < -0.3 is 4.57 Å². The highest BCUT2D eigenvalue weighted by atomic mass is 16.1. The number of nitrogens with zero attached hydrogens (tertiary/aromatic N) is 2. The number of hydrogen-bond acceptors (Lipinski definition) is 2. The van der Waals surface area contributed by atoms with Gasteiger partial charge in [0.2, 0.25) is 0 Å². The van der Waals surface area contributed by atoms with Crippen LogP contribution in [-0.2, 0) is 13.5 Å². The number of aryl methyl sites for hydroxylation is 1. The van der Waals surface area contributed by atoms with E-state index in [1.807, 2.05) is 36.4 Å². The largest absolute Gasteiger partial charge is 0.302 e. The van der Waals surface area contributed by atoms with E-state index in [-0.39, 0.29) is 5.56 Å². The van der Waals surface area contributed by atoms with Crippen molar-refractivity contribution in [3.8, 4) is 11.8 Å². The topological polar surface area (TPSA) is 34.9 Å². The van der Waals surface area contributed by atoms with Gasteiger partial charge in [-0.1, -0.05) is 42.2 Å². The SMILES string of the molecule is Cn1cnc2ccc(C#CCc3ccccc3)cc2c1=O. The minimum absolute atomic E-state index is 0.0493. The van der Waals surface area contributed by atoms with Crippen LogP contribution >= 0.6 is 0 Å². The summed E-state index contributed by atoms with van der Waals surface area (Å²) in [6.45, 7) is 0. The van der Waals surface area contributed by atoms with Crippen LogP contribution in [0.3, 0.4) is 0 Å². The minimum Gasteiger partial charge on any atom is -0.302 e. The molecular formula is C18H14N2O. The number of rotatable bonds is 1. The van der Waals surface area contributed by atoms with Crippen molar-refractivity contribution < 1.29 is 0 Å². The first kappa shape index (κ1) is 13.1. The van der Waals surface area contributed by atoms with E-state index in [2.05, 4.69) is 29.0 Å². The van der Waals surface area contributed by atoms with E-state index >= 15 is 0 Å². The summed E-state index contributed by atoms with van der Waals surface area (Å²) in [4.78, 5) is 16.3. The highest BCUT2D eigenvalue weighted by Gasteiger charge is 2.01. The lowest BCUT2D eigenvalue weighted by molar-refractivity contribution is 0.843. The van der Waals surface area contributed by atoms with Crippen molar-refractivity contribution >= 4 is 10.9 Å². The maximum absolute atomic E-state index is 12.1. The predicted molar refractivity (Wildman–Crippen MR) is 84.0 cm³/mol. The molecule has 3 nitrogen and oxygen atoms in total. The zero-order valence-corrected chi connectivity index (χ0v) is 11.7. The Balaban J connectivity index is 1.92. The molecule has 0 amide bonds. The molecule has 0 unspecified atom stereocenters. The first-order chi connectivity index (χ1) is 10.2. The Kier molecular flexibility index (Phi) is 3.53. The van der Waals surface area contributed by atoms with Gasteiger partial charge in [0.25, 0.3) is 5.56 Å². The number of aromatic nitrogens is 2. The third-order valence-corrected chi connectivity index (χ3v) is 3.29. The average molecular weight is 274 g/mol. The highest BCUT2D eigenvalue weighted by Crippen LogP contribution is 2.09. The quantitative estimate of drug-likeness (QED) is 0.639. The Bertz CT molecular complexity index is 899. The molecule has 21 heavy (non-hydrogen) atoms. The monoisotopic (exact) mass is 274 g/mol. The third-order valence-electron chi connectivity index (χ3n) is 3.29. The minimum atomic E-state index is -0.0493. The van der Waals surface area contributed by atoms with Crippen molar-refractivity contribution in [1.29, 1.82) is 0 Å². The summed E-state index contributed by atoms with van der Waals surface area (Å²) < 4.78 is 1.48. The molecule has 0 fully saturated rings. The van der Waals surface area contributed by atoms with Gasteiger partial charge in [-0.3, -0.25) is 4.79 Å². The van der Waals surface area contributed by atoms with E-state index in [4.69, 9.17) is 0 Å². The van der Waals surface area contributed by atoms with Gasteiger partial charge in [0, 0.05) is 19.0 Å². The standard InChI is InChI=1S/C18H14N2O/c1-20-13-19-17-11-10-15(12-16(17)18(20)21)9-5-8-14-6-3-2-4-7-14/h2-4,6-7,10-13H,8H2,1H3. The van der Waals surface area contributed by atoms with Gasteiger partial charge in [-0.25, -0.2) is 4.98 Å². The molecule has 0 N–H and O–H groups in total. The molecule has 1 heterocycles. The molecule has 3 heteroatoms. The molecule has 0 spiro atoms. The fourth-order valence-corrected chi connectivity index (χ4v) is 2.13. The van der Waals surface area contributed by atoms with E-state index in [9.17, 15) is 4.79 Å². The van der Waals surface area contributed by atoms with E-state index in [0.29, 0.717) is 17.3 Å². The normalized spacial score (nSPS) is 10.1. The van der Waals surface area contributed by atoms with Gasteiger partial charge in [-0.15, -0.1) is 0 Å². The maximum atomic E-state index is 12.1. The summed E-state index contributed by atoms with van der Waals surface area (Å²) in [5, 5.41) is 0.603.